The molecule has 2 fully saturated rings. The van der Waals surface area contributed by atoms with Crippen LogP contribution in [0, 0.1) is 11.8 Å². The van der Waals surface area contributed by atoms with Crippen LogP contribution in [0.1, 0.15) is 29.6 Å². The molecule has 1 aromatic heterocycles. The minimum absolute atomic E-state index is 0.0331. The molecule has 1 N–H and O–H groups in total. The molecule has 0 bridgehead atoms. The van der Waals surface area contributed by atoms with Crippen LogP contribution in [0.25, 0.3) is 0 Å². The summed E-state index contributed by atoms with van der Waals surface area (Å²) in [6.07, 6.45) is 6.56. The van der Waals surface area contributed by atoms with Gasteiger partial charge in [-0.2, -0.15) is 0 Å². The number of carbonyl (C=O) groups excluding carboxylic acids is 1. The lowest BCUT2D eigenvalue weighted by atomic mass is 9.95. The zero-order chi connectivity index (χ0) is 14.5. The molecule has 116 valence electrons. The van der Waals surface area contributed by atoms with Crippen molar-refractivity contribution in [2.24, 2.45) is 11.8 Å². The van der Waals surface area contributed by atoms with Gasteiger partial charge in [-0.05, 0) is 50.3 Å². The van der Waals surface area contributed by atoms with Crippen molar-refractivity contribution in [2.75, 3.05) is 39.4 Å². The highest BCUT2D eigenvalue weighted by Gasteiger charge is 2.24. The maximum atomic E-state index is 11.8. The Morgan fingerprint density at radius 3 is 2.81 bits per heavy atom. The van der Waals surface area contributed by atoms with Crippen LogP contribution in [0.3, 0.4) is 0 Å². The van der Waals surface area contributed by atoms with Gasteiger partial charge in [-0.15, -0.1) is 0 Å². The number of furan rings is 1. The maximum absolute atomic E-state index is 11.8. The number of nitrogens with one attached hydrogen (secondary N) is 1. The van der Waals surface area contributed by atoms with E-state index in [1.165, 1.54) is 38.3 Å². The average Bonchev–Trinajstić information content (AvgIpc) is 3.19. The number of hydrogen-bond acceptors (Lipinski definition) is 4. The molecule has 21 heavy (non-hydrogen) atoms. The van der Waals surface area contributed by atoms with Gasteiger partial charge in [-0.3, -0.25) is 4.79 Å². The topological polar surface area (TPSA) is 54.7 Å². The molecule has 2 aliphatic rings. The molecule has 1 amide bonds. The second-order valence-corrected chi connectivity index (χ2v) is 6.20. The van der Waals surface area contributed by atoms with Gasteiger partial charge >= 0.3 is 0 Å². The summed E-state index contributed by atoms with van der Waals surface area (Å²) in [4.78, 5) is 14.4. The second-order valence-electron chi connectivity index (χ2n) is 6.20. The third-order valence-corrected chi connectivity index (χ3v) is 4.58. The zero-order valence-electron chi connectivity index (χ0n) is 12.4. The molecule has 0 saturated carbocycles. The van der Waals surface area contributed by atoms with Crippen molar-refractivity contribution in [2.45, 2.75) is 19.3 Å². The molecule has 1 aromatic rings. The van der Waals surface area contributed by atoms with Gasteiger partial charge in [0.25, 0.3) is 5.91 Å². The molecule has 2 saturated heterocycles. The Morgan fingerprint density at radius 2 is 2.14 bits per heavy atom. The van der Waals surface area contributed by atoms with E-state index in [0.29, 0.717) is 11.5 Å². The quantitative estimate of drug-likeness (QED) is 0.898. The summed E-state index contributed by atoms with van der Waals surface area (Å²) < 4.78 is 10.4. The number of likely N-dealkylation sites (tertiary alicyclic amines) is 1. The van der Waals surface area contributed by atoms with Crippen molar-refractivity contribution >= 4 is 5.91 Å². The summed E-state index contributed by atoms with van der Waals surface area (Å²) >= 11 is 0. The highest BCUT2D eigenvalue weighted by molar-refractivity contribution is 5.93. The lowest BCUT2D eigenvalue weighted by Crippen LogP contribution is -2.40. The molecule has 1 atom stereocenters. The third-order valence-electron chi connectivity index (χ3n) is 4.58. The Morgan fingerprint density at radius 1 is 1.29 bits per heavy atom. The minimum atomic E-state index is -0.0331. The average molecular weight is 292 g/mol. The summed E-state index contributed by atoms with van der Waals surface area (Å²) in [6.45, 7) is 6.09. The molecule has 5 nitrogen and oxygen atoms in total. The van der Waals surface area contributed by atoms with Crippen molar-refractivity contribution in [3.8, 4) is 0 Å². The molecular weight excluding hydrogens is 268 g/mol. The van der Waals surface area contributed by atoms with Gasteiger partial charge in [-0.25, -0.2) is 0 Å². The van der Waals surface area contributed by atoms with Crippen molar-refractivity contribution < 1.29 is 13.9 Å². The van der Waals surface area contributed by atoms with E-state index < -0.39 is 0 Å². The van der Waals surface area contributed by atoms with Gasteiger partial charge in [-0.1, -0.05) is 0 Å². The summed E-state index contributed by atoms with van der Waals surface area (Å²) in [6, 6.07) is 1.70. The van der Waals surface area contributed by atoms with E-state index in [0.717, 1.165) is 38.8 Å². The first-order chi connectivity index (χ1) is 10.3. The lowest BCUT2D eigenvalue weighted by Gasteiger charge is -2.33. The molecule has 0 aliphatic carbocycles. The Balaban J connectivity index is 1.34. The molecule has 3 heterocycles. The second kappa shape index (κ2) is 7.09. The van der Waals surface area contributed by atoms with Crippen LogP contribution >= 0.6 is 0 Å². The van der Waals surface area contributed by atoms with E-state index in [9.17, 15) is 4.79 Å². The van der Waals surface area contributed by atoms with E-state index in [1.54, 1.807) is 6.07 Å². The van der Waals surface area contributed by atoms with Crippen LogP contribution in [0.2, 0.25) is 0 Å². The van der Waals surface area contributed by atoms with Crippen LogP contribution in [0.5, 0.6) is 0 Å². The van der Waals surface area contributed by atoms with Crippen LogP contribution in [0.4, 0.5) is 0 Å². The van der Waals surface area contributed by atoms with Gasteiger partial charge in [0, 0.05) is 19.7 Å². The van der Waals surface area contributed by atoms with Gasteiger partial charge in [0.1, 0.15) is 6.26 Å². The minimum Gasteiger partial charge on any atom is -0.472 e. The number of carbonyl (C=O) groups is 1. The number of ether oxygens (including phenoxy) is 1. The monoisotopic (exact) mass is 292 g/mol. The van der Waals surface area contributed by atoms with E-state index in [2.05, 4.69) is 10.2 Å². The normalized spacial score (nSPS) is 24.3. The highest BCUT2D eigenvalue weighted by Crippen LogP contribution is 2.20. The fourth-order valence-electron chi connectivity index (χ4n) is 3.20. The standard InChI is InChI=1S/C16H24N2O3/c19-16(15-4-8-21-12-15)17-9-13-1-5-18(6-2-13)10-14-3-7-20-11-14/h4,8,12-14H,1-3,5-7,9-11H2,(H,17,19). The predicted octanol–water partition coefficient (Wildman–Crippen LogP) is 1.76. The number of hydrogen-bond donors (Lipinski definition) is 1. The Bertz CT molecular complexity index is 432. The molecule has 1 unspecified atom stereocenters. The van der Waals surface area contributed by atoms with Gasteiger partial charge < -0.3 is 19.4 Å². The molecular formula is C16H24N2O3. The fraction of sp³-hybridized carbons (Fsp3) is 0.688. The summed E-state index contributed by atoms with van der Waals surface area (Å²) in [5, 5.41) is 3.01. The molecule has 0 aromatic carbocycles. The van der Waals surface area contributed by atoms with E-state index in [1.807, 2.05) is 0 Å². The molecule has 2 aliphatic heterocycles. The Labute approximate surface area is 125 Å². The van der Waals surface area contributed by atoms with Gasteiger partial charge in [0.05, 0.1) is 18.4 Å². The number of rotatable bonds is 5. The Kier molecular flexibility index (Phi) is 4.93. The van der Waals surface area contributed by atoms with Gasteiger partial charge in [0.15, 0.2) is 0 Å². The maximum Gasteiger partial charge on any atom is 0.254 e. The summed E-state index contributed by atoms with van der Waals surface area (Å²) in [5.41, 5.74) is 0.605. The van der Waals surface area contributed by atoms with Crippen molar-refractivity contribution in [3.05, 3.63) is 24.2 Å². The first-order valence-electron chi connectivity index (χ1n) is 7.92. The van der Waals surface area contributed by atoms with Crippen molar-refractivity contribution in [1.82, 2.24) is 10.2 Å². The summed E-state index contributed by atoms with van der Waals surface area (Å²) in [7, 11) is 0. The highest BCUT2D eigenvalue weighted by atomic mass is 16.5. The third kappa shape index (κ3) is 4.08. The van der Waals surface area contributed by atoms with Crippen molar-refractivity contribution in [3.63, 3.8) is 0 Å². The van der Waals surface area contributed by atoms with Gasteiger partial charge in [0.2, 0.25) is 0 Å². The first-order valence-corrected chi connectivity index (χ1v) is 7.92. The SMILES string of the molecule is O=C(NCC1CCN(CC2CCOC2)CC1)c1ccoc1. The lowest BCUT2D eigenvalue weighted by molar-refractivity contribution is 0.0931. The predicted molar refractivity (Wildman–Crippen MR) is 79.1 cm³/mol. The largest absolute Gasteiger partial charge is 0.472 e. The van der Waals surface area contributed by atoms with Crippen molar-refractivity contribution in [1.29, 1.82) is 0 Å². The van der Waals surface area contributed by atoms with E-state index in [4.69, 9.17) is 9.15 Å². The van der Waals surface area contributed by atoms with E-state index in [-0.39, 0.29) is 5.91 Å². The molecule has 5 heteroatoms. The number of nitrogens with zero attached hydrogens (tertiary/aromatic N) is 1. The van der Waals surface area contributed by atoms with Crippen LogP contribution in [-0.2, 0) is 4.74 Å². The fourth-order valence-corrected chi connectivity index (χ4v) is 3.20. The zero-order valence-corrected chi connectivity index (χ0v) is 12.4. The number of piperidine rings is 1. The number of amides is 1. The van der Waals surface area contributed by atoms with E-state index >= 15 is 0 Å². The molecule has 0 radical (unpaired) electrons. The smallest absolute Gasteiger partial charge is 0.254 e. The summed E-state index contributed by atoms with van der Waals surface area (Å²) in [5.74, 6) is 1.29. The Hall–Kier alpha value is -1.33. The first kappa shape index (κ1) is 14.6. The van der Waals surface area contributed by atoms with Crippen LogP contribution in [0.15, 0.2) is 23.0 Å². The van der Waals surface area contributed by atoms with Crippen LogP contribution < -0.4 is 5.32 Å². The molecule has 3 rings (SSSR count). The van der Waals surface area contributed by atoms with Crippen LogP contribution in [-0.4, -0.2) is 50.2 Å². The molecule has 0 spiro atoms.